The lowest BCUT2D eigenvalue weighted by molar-refractivity contribution is 0.130. The first-order valence-corrected chi connectivity index (χ1v) is 10.1. The third-order valence-corrected chi connectivity index (χ3v) is 5.39. The molecule has 4 aromatic rings. The minimum absolute atomic E-state index is 0.489. The molecule has 5 rings (SSSR count). The van der Waals surface area contributed by atoms with Gasteiger partial charge in [0.05, 0.1) is 5.71 Å². The van der Waals surface area contributed by atoms with Gasteiger partial charge in [-0.05, 0) is 41.7 Å². The SMILES string of the molecule is Cn1cc(-c2ccc3c(c2)CCC3=NOCc2ccccc2)c(-c2ccncc2)n1. The molecule has 0 saturated heterocycles. The molecule has 5 heteroatoms. The van der Waals surface area contributed by atoms with Crippen LogP contribution >= 0.6 is 0 Å². The molecular formula is C25H22N4O. The van der Waals surface area contributed by atoms with Gasteiger partial charge in [-0.15, -0.1) is 0 Å². The van der Waals surface area contributed by atoms with Crippen molar-refractivity contribution in [1.82, 2.24) is 14.8 Å². The van der Waals surface area contributed by atoms with Crippen LogP contribution in [0.3, 0.4) is 0 Å². The van der Waals surface area contributed by atoms with Gasteiger partial charge < -0.3 is 4.84 Å². The maximum absolute atomic E-state index is 5.62. The Bertz CT molecular complexity index is 1200. The molecule has 2 heterocycles. The Kier molecular flexibility index (Phi) is 4.85. The predicted octanol–water partition coefficient (Wildman–Crippen LogP) is 5.02. The average Bonchev–Trinajstić information content (AvgIpc) is 3.38. The number of hydrogen-bond acceptors (Lipinski definition) is 4. The van der Waals surface area contributed by atoms with Gasteiger partial charge in [-0.1, -0.05) is 53.7 Å². The Labute approximate surface area is 175 Å². The van der Waals surface area contributed by atoms with Crippen molar-refractivity contribution in [2.45, 2.75) is 19.4 Å². The lowest BCUT2D eigenvalue weighted by atomic mass is 9.98. The smallest absolute Gasteiger partial charge is 0.142 e. The number of benzene rings is 2. The maximum Gasteiger partial charge on any atom is 0.142 e. The zero-order valence-corrected chi connectivity index (χ0v) is 16.8. The Balaban J connectivity index is 1.41. The highest BCUT2D eigenvalue weighted by atomic mass is 16.6. The average molecular weight is 394 g/mol. The summed E-state index contributed by atoms with van der Waals surface area (Å²) >= 11 is 0. The Morgan fingerprint density at radius 3 is 2.60 bits per heavy atom. The molecule has 0 radical (unpaired) electrons. The third-order valence-electron chi connectivity index (χ3n) is 5.39. The number of pyridine rings is 1. The summed E-state index contributed by atoms with van der Waals surface area (Å²) in [5.74, 6) is 0. The van der Waals surface area contributed by atoms with Crippen molar-refractivity contribution in [2.24, 2.45) is 12.2 Å². The number of nitrogens with zero attached hydrogens (tertiary/aromatic N) is 4. The molecule has 0 atom stereocenters. The van der Waals surface area contributed by atoms with Crippen LogP contribution in [0.15, 0.2) is 84.4 Å². The fourth-order valence-corrected chi connectivity index (χ4v) is 3.91. The van der Waals surface area contributed by atoms with Crippen molar-refractivity contribution in [3.63, 3.8) is 0 Å². The molecule has 5 nitrogen and oxygen atoms in total. The van der Waals surface area contributed by atoms with Crippen LogP contribution in [-0.4, -0.2) is 20.5 Å². The molecule has 0 unspecified atom stereocenters. The summed E-state index contributed by atoms with van der Waals surface area (Å²) < 4.78 is 1.86. The fourth-order valence-electron chi connectivity index (χ4n) is 3.91. The Hall–Kier alpha value is -3.73. The monoisotopic (exact) mass is 394 g/mol. The minimum atomic E-state index is 0.489. The van der Waals surface area contributed by atoms with E-state index in [1.807, 2.05) is 54.2 Å². The van der Waals surface area contributed by atoms with E-state index in [2.05, 4.69) is 39.6 Å². The number of oxime groups is 1. The highest BCUT2D eigenvalue weighted by Crippen LogP contribution is 2.34. The highest BCUT2D eigenvalue weighted by Gasteiger charge is 2.20. The lowest BCUT2D eigenvalue weighted by Crippen LogP contribution is -1.97. The Morgan fingerprint density at radius 2 is 1.77 bits per heavy atom. The second-order valence-corrected chi connectivity index (χ2v) is 7.47. The highest BCUT2D eigenvalue weighted by molar-refractivity contribution is 6.04. The zero-order chi connectivity index (χ0) is 20.3. The molecule has 0 aliphatic heterocycles. The fraction of sp³-hybridized carbons (Fsp3) is 0.160. The summed E-state index contributed by atoms with van der Waals surface area (Å²) in [5, 5.41) is 9.10. The van der Waals surface area contributed by atoms with Crippen molar-refractivity contribution in [2.75, 3.05) is 0 Å². The minimum Gasteiger partial charge on any atom is -0.391 e. The number of aromatic nitrogens is 3. The van der Waals surface area contributed by atoms with Gasteiger partial charge in [-0.2, -0.15) is 5.10 Å². The van der Waals surface area contributed by atoms with Crippen LogP contribution in [-0.2, 0) is 24.9 Å². The molecule has 0 saturated carbocycles. The van der Waals surface area contributed by atoms with Crippen molar-refractivity contribution in [3.8, 4) is 22.4 Å². The second kappa shape index (κ2) is 7.95. The quantitative estimate of drug-likeness (QED) is 0.447. The van der Waals surface area contributed by atoms with Crippen molar-refractivity contribution in [3.05, 3.63) is 95.9 Å². The maximum atomic E-state index is 5.62. The van der Waals surface area contributed by atoms with Gasteiger partial charge in [0, 0.05) is 42.3 Å². The molecule has 2 aromatic carbocycles. The van der Waals surface area contributed by atoms with Gasteiger partial charge >= 0.3 is 0 Å². The zero-order valence-electron chi connectivity index (χ0n) is 16.8. The molecular weight excluding hydrogens is 372 g/mol. The first-order valence-electron chi connectivity index (χ1n) is 10.1. The van der Waals surface area contributed by atoms with Crippen LogP contribution in [0.25, 0.3) is 22.4 Å². The molecule has 0 N–H and O–H groups in total. The van der Waals surface area contributed by atoms with Gasteiger partial charge in [-0.25, -0.2) is 0 Å². The first-order chi connectivity index (χ1) is 14.8. The molecule has 1 aliphatic rings. The van der Waals surface area contributed by atoms with Crippen LogP contribution in [0.4, 0.5) is 0 Å². The summed E-state index contributed by atoms with van der Waals surface area (Å²) in [5.41, 5.74) is 8.96. The van der Waals surface area contributed by atoms with E-state index in [9.17, 15) is 0 Å². The van der Waals surface area contributed by atoms with E-state index in [4.69, 9.17) is 4.84 Å². The van der Waals surface area contributed by atoms with Crippen LogP contribution in [0.2, 0.25) is 0 Å². The predicted molar refractivity (Wildman–Crippen MR) is 118 cm³/mol. The number of rotatable bonds is 5. The van der Waals surface area contributed by atoms with Crippen LogP contribution in [0.1, 0.15) is 23.1 Å². The van der Waals surface area contributed by atoms with Crippen LogP contribution < -0.4 is 0 Å². The summed E-state index contributed by atoms with van der Waals surface area (Å²) in [6.45, 7) is 0.489. The molecule has 2 aromatic heterocycles. The molecule has 30 heavy (non-hydrogen) atoms. The molecule has 0 amide bonds. The van der Waals surface area contributed by atoms with E-state index in [0.29, 0.717) is 6.61 Å². The van der Waals surface area contributed by atoms with Gasteiger partial charge in [0.2, 0.25) is 0 Å². The van der Waals surface area contributed by atoms with Crippen molar-refractivity contribution in [1.29, 1.82) is 0 Å². The summed E-state index contributed by atoms with van der Waals surface area (Å²) in [4.78, 5) is 9.74. The van der Waals surface area contributed by atoms with E-state index in [1.54, 1.807) is 12.4 Å². The summed E-state index contributed by atoms with van der Waals surface area (Å²) in [6.07, 6.45) is 7.55. The number of hydrogen-bond donors (Lipinski definition) is 0. The second-order valence-electron chi connectivity index (χ2n) is 7.47. The van der Waals surface area contributed by atoms with Crippen LogP contribution in [0, 0.1) is 0 Å². The van der Waals surface area contributed by atoms with Crippen molar-refractivity contribution < 1.29 is 4.84 Å². The molecule has 0 spiro atoms. The number of aryl methyl sites for hydroxylation is 2. The van der Waals surface area contributed by atoms with Gasteiger partial charge in [0.15, 0.2) is 0 Å². The van der Waals surface area contributed by atoms with E-state index in [0.717, 1.165) is 40.9 Å². The normalized spacial score (nSPS) is 14.1. The summed E-state index contributed by atoms with van der Waals surface area (Å²) in [6, 6.07) is 20.7. The van der Waals surface area contributed by atoms with Gasteiger partial charge in [0.1, 0.15) is 12.3 Å². The largest absolute Gasteiger partial charge is 0.391 e. The topological polar surface area (TPSA) is 52.3 Å². The van der Waals surface area contributed by atoms with E-state index in [1.165, 1.54) is 16.7 Å². The standard InChI is InChI=1S/C25H22N4O/c1-29-16-23(25(27-29)19-11-13-26-14-12-19)21-7-9-22-20(15-21)8-10-24(22)28-30-17-18-5-3-2-4-6-18/h2-7,9,11-16H,8,10,17H2,1H3. The van der Waals surface area contributed by atoms with E-state index in [-0.39, 0.29) is 0 Å². The van der Waals surface area contributed by atoms with Crippen LogP contribution in [0.5, 0.6) is 0 Å². The molecule has 1 aliphatic carbocycles. The summed E-state index contributed by atoms with van der Waals surface area (Å²) in [7, 11) is 1.95. The molecule has 148 valence electrons. The Morgan fingerprint density at radius 1 is 0.933 bits per heavy atom. The molecule has 0 fully saturated rings. The van der Waals surface area contributed by atoms with E-state index >= 15 is 0 Å². The third kappa shape index (κ3) is 3.62. The first kappa shape index (κ1) is 18.3. The lowest BCUT2D eigenvalue weighted by Gasteiger charge is -2.06. The molecule has 0 bridgehead atoms. The van der Waals surface area contributed by atoms with Gasteiger partial charge in [0.25, 0.3) is 0 Å². The van der Waals surface area contributed by atoms with Crippen molar-refractivity contribution >= 4 is 5.71 Å². The van der Waals surface area contributed by atoms with Gasteiger partial charge in [-0.3, -0.25) is 9.67 Å². The number of fused-ring (bicyclic) bond motifs is 1. The van der Waals surface area contributed by atoms with E-state index < -0.39 is 0 Å².